The van der Waals surface area contributed by atoms with Crippen molar-refractivity contribution < 1.29 is 19.4 Å². The third-order valence-corrected chi connectivity index (χ3v) is 7.53. The Balaban J connectivity index is 1.14. The number of aryl methyl sites for hydroxylation is 1. The number of amides is 1. The van der Waals surface area contributed by atoms with Gasteiger partial charge in [-0.15, -0.1) is 0 Å². The van der Waals surface area contributed by atoms with E-state index in [9.17, 15) is 9.90 Å². The van der Waals surface area contributed by atoms with Gasteiger partial charge >= 0.3 is 0 Å². The molecule has 2 N–H and O–H groups in total. The summed E-state index contributed by atoms with van der Waals surface area (Å²) >= 11 is 12.5. The second-order valence-corrected chi connectivity index (χ2v) is 9.98. The maximum absolute atomic E-state index is 12.9. The number of carbonyl (C=O) groups is 1. The largest absolute Gasteiger partial charge is 0.454 e. The summed E-state index contributed by atoms with van der Waals surface area (Å²) in [6, 6.07) is 11.3. The van der Waals surface area contributed by atoms with Gasteiger partial charge in [0.15, 0.2) is 11.5 Å². The number of benzene rings is 2. The molecule has 9 nitrogen and oxygen atoms in total. The second kappa shape index (κ2) is 10.8. The van der Waals surface area contributed by atoms with Crippen LogP contribution in [0.15, 0.2) is 36.4 Å². The number of imidazole rings is 1. The number of β-amino-alcohol motifs (C(OH)–C–C–N with tert-alkyl or cyclic N) is 1. The maximum Gasteiger partial charge on any atom is 0.271 e. The first-order valence-corrected chi connectivity index (χ1v) is 12.9. The minimum absolute atomic E-state index is 0.133. The van der Waals surface area contributed by atoms with E-state index < -0.39 is 6.10 Å². The molecular formula is C26H29Cl2N5O4. The van der Waals surface area contributed by atoms with Crippen LogP contribution in [-0.4, -0.2) is 77.6 Å². The van der Waals surface area contributed by atoms with Crippen LogP contribution in [0.1, 0.15) is 22.0 Å². The van der Waals surface area contributed by atoms with Crippen LogP contribution >= 0.6 is 23.2 Å². The molecule has 3 aromatic rings. The molecule has 1 saturated heterocycles. The van der Waals surface area contributed by atoms with Gasteiger partial charge in [-0.05, 0) is 38.1 Å². The van der Waals surface area contributed by atoms with E-state index in [1.54, 1.807) is 6.07 Å². The van der Waals surface area contributed by atoms with Gasteiger partial charge in [0.1, 0.15) is 11.5 Å². The van der Waals surface area contributed by atoms with E-state index in [1.165, 1.54) is 0 Å². The standard InChI is InChI=1S/C26H29Cl2N5O4/c1-16-25(30-17(2)33(16)18-6-7-22-23(12-18)37-15-36-22)26(35)29-13-19(34)14-31-8-10-32(11-9-31)21-5-3-4-20(27)24(21)28/h3-7,12,19,34H,8-11,13-15H2,1-2H3,(H,29,35). The van der Waals surface area contributed by atoms with E-state index in [0.29, 0.717) is 45.3 Å². The summed E-state index contributed by atoms with van der Waals surface area (Å²) < 4.78 is 12.8. The summed E-state index contributed by atoms with van der Waals surface area (Å²) in [5.74, 6) is 1.72. The molecule has 11 heteroatoms. The Hall–Kier alpha value is -2.98. The third-order valence-electron chi connectivity index (χ3n) is 6.72. The predicted molar refractivity (Wildman–Crippen MR) is 143 cm³/mol. The Labute approximate surface area is 225 Å². The van der Waals surface area contributed by atoms with Crippen LogP contribution < -0.4 is 19.7 Å². The lowest BCUT2D eigenvalue weighted by Crippen LogP contribution is -2.50. The lowest BCUT2D eigenvalue weighted by Gasteiger charge is -2.37. The van der Waals surface area contributed by atoms with E-state index in [-0.39, 0.29) is 19.2 Å². The van der Waals surface area contributed by atoms with Crippen molar-refractivity contribution in [1.82, 2.24) is 19.8 Å². The van der Waals surface area contributed by atoms with Crippen LogP contribution in [0.25, 0.3) is 5.69 Å². The van der Waals surface area contributed by atoms with Gasteiger partial charge in [-0.2, -0.15) is 0 Å². The number of fused-ring (bicyclic) bond motifs is 1. The number of nitrogens with one attached hydrogen (secondary N) is 1. The summed E-state index contributed by atoms with van der Waals surface area (Å²) in [6.07, 6.45) is -0.706. The molecule has 3 heterocycles. The van der Waals surface area contributed by atoms with Crippen molar-refractivity contribution in [1.29, 1.82) is 0 Å². The highest BCUT2D eigenvalue weighted by Gasteiger charge is 2.24. The molecule has 2 aliphatic heterocycles. The number of anilines is 1. The molecule has 0 aliphatic carbocycles. The minimum Gasteiger partial charge on any atom is -0.454 e. The van der Waals surface area contributed by atoms with Crippen molar-refractivity contribution in [2.45, 2.75) is 20.0 Å². The molecule has 1 aromatic heterocycles. The normalized spacial score (nSPS) is 16.2. The number of aliphatic hydroxyl groups excluding tert-OH is 1. The first-order chi connectivity index (χ1) is 17.8. The highest BCUT2D eigenvalue weighted by molar-refractivity contribution is 6.43. The fourth-order valence-electron chi connectivity index (χ4n) is 4.83. The van der Waals surface area contributed by atoms with Gasteiger partial charge < -0.3 is 29.4 Å². The van der Waals surface area contributed by atoms with Gasteiger partial charge in [-0.3, -0.25) is 9.69 Å². The molecule has 1 amide bonds. The van der Waals surface area contributed by atoms with Crippen molar-refractivity contribution in [3.8, 4) is 17.2 Å². The van der Waals surface area contributed by atoms with Crippen molar-refractivity contribution in [2.75, 3.05) is 51.0 Å². The molecule has 5 rings (SSSR count). The Morgan fingerprint density at radius 3 is 2.65 bits per heavy atom. The monoisotopic (exact) mass is 545 g/mol. The van der Waals surface area contributed by atoms with Crippen LogP contribution in [-0.2, 0) is 0 Å². The number of rotatable bonds is 7. The molecule has 0 bridgehead atoms. The zero-order valence-corrected chi connectivity index (χ0v) is 22.2. The molecule has 0 spiro atoms. The van der Waals surface area contributed by atoms with Crippen LogP contribution in [0.5, 0.6) is 11.5 Å². The number of aromatic nitrogens is 2. The van der Waals surface area contributed by atoms with E-state index in [1.807, 2.05) is 48.7 Å². The SMILES string of the molecule is Cc1nc(C(=O)NCC(O)CN2CCN(c3cccc(Cl)c3Cl)CC2)c(C)n1-c1ccc2c(c1)OCO2. The zero-order chi connectivity index (χ0) is 26.1. The van der Waals surface area contributed by atoms with Gasteiger partial charge in [-0.25, -0.2) is 4.98 Å². The van der Waals surface area contributed by atoms with Gasteiger partial charge in [-0.1, -0.05) is 29.3 Å². The topological polar surface area (TPSA) is 92.1 Å². The fourth-order valence-corrected chi connectivity index (χ4v) is 5.24. The Morgan fingerprint density at radius 2 is 1.86 bits per heavy atom. The Morgan fingerprint density at radius 1 is 1.11 bits per heavy atom. The number of carbonyl (C=O) groups excluding carboxylic acids is 1. The number of hydrogen-bond acceptors (Lipinski definition) is 7. The average Bonchev–Trinajstić information content (AvgIpc) is 3.48. The van der Waals surface area contributed by atoms with Crippen LogP contribution in [0.3, 0.4) is 0 Å². The minimum atomic E-state index is -0.706. The first kappa shape index (κ1) is 25.7. The van der Waals surface area contributed by atoms with E-state index in [2.05, 4.69) is 20.1 Å². The molecule has 196 valence electrons. The van der Waals surface area contributed by atoms with Crippen molar-refractivity contribution in [3.63, 3.8) is 0 Å². The molecule has 0 radical (unpaired) electrons. The molecule has 1 atom stereocenters. The summed E-state index contributed by atoms with van der Waals surface area (Å²) in [7, 11) is 0. The number of nitrogens with zero attached hydrogens (tertiary/aromatic N) is 4. The second-order valence-electron chi connectivity index (χ2n) is 9.19. The lowest BCUT2D eigenvalue weighted by atomic mass is 10.2. The van der Waals surface area contributed by atoms with Crippen molar-refractivity contribution >= 4 is 34.8 Å². The van der Waals surface area contributed by atoms with Gasteiger partial charge in [0.05, 0.1) is 33.2 Å². The van der Waals surface area contributed by atoms with Gasteiger partial charge in [0, 0.05) is 45.3 Å². The van der Waals surface area contributed by atoms with Gasteiger partial charge in [0.2, 0.25) is 6.79 Å². The zero-order valence-electron chi connectivity index (χ0n) is 20.7. The number of ether oxygens (including phenoxy) is 2. The van der Waals surface area contributed by atoms with E-state index in [0.717, 1.165) is 37.6 Å². The number of hydrogen-bond donors (Lipinski definition) is 2. The molecule has 37 heavy (non-hydrogen) atoms. The van der Waals surface area contributed by atoms with Gasteiger partial charge in [0.25, 0.3) is 5.91 Å². The maximum atomic E-state index is 12.9. The Bertz CT molecular complexity index is 1310. The van der Waals surface area contributed by atoms with E-state index in [4.69, 9.17) is 32.7 Å². The third kappa shape index (κ3) is 5.36. The van der Waals surface area contributed by atoms with Crippen molar-refractivity contribution in [2.24, 2.45) is 0 Å². The summed E-state index contributed by atoms with van der Waals surface area (Å²) in [5.41, 5.74) is 2.80. The molecule has 1 fully saturated rings. The summed E-state index contributed by atoms with van der Waals surface area (Å²) in [4.78, 5) is 21.8. The predicted octanol–water partition coefficient (Wildman–Crippen LogP) is 3.44. The highest BCUT2D eigenvalue weighted by atomic mass is 35.5. The average molecular weight is 546 g/mol. The number of piperazine rings is 1. The van der Waals surface area contributed by atoms with Crippen LogP contribution in [0, 0.1) is 13.8 Å². The highest BCUT2D eigenvalue weighted by Crippen LogP contribution is 2.35. The summed E-state index contributed by atoms with van der Waals surface area (Å²) in [5, 5.41) is 14.5. The molecular weight excluding hydrogens is 517 g/mol. The smallest absolute Gasteiger partial charge is 0.271 e. The molecule has 2 aromatic carbocycles. The lowest BCUT2D eigenvalue weighted by molar-refractivity contribution is 0.0847. The molecule has 2 aliphatic rings. The van der Waals surface area contributed by atoms with Crippen LogP contribution in [0.4, 0.5) is 5.69 Å². The Kier molecular flexibility index (Phi) is 7.48. The van der Waals surface area contributed by atoms with Crippen molar-refractivity contribution in [3.05, 3.63) is 63.7 Å². The fraction of sp³-hybridized carbons (Fsp3) is 0.385. The quantitative estimate of drug-likeness (QED) is 0.469. The van der Waals surface area contributed by atoms with Crippen LogP contribution in [0.2, 0.25) is 10.0 Å². The first-order valence-electron chi connectivity index (χ1n) is 12.2. The number of halogens is 2. The van der Waals surface area contributed by atoms with E-state index >= 15 is 0 Å². The molecule has 1 unspecified atom stereocenters. The molecule has 0 saturated carbocycles. The summed E-state index contributed by atoms with van der Waals surface area (Å²) in [6.45, 7) is 7.57. The number of aliphatic hydroxyl groups is 1.